The minimum absolute atomic E-state index is 0.115. The summed E-state index contributed by atoms with van der Waals surface area (Å²) in [5.41, 5.74) is 1.45. The average Bonchev–Trinajstić information content (AvgIpc) is 3.30. The summed E-state index contributed by atoms with van der Waals surface area (Å²) in [5.74, 6) is -1.33. The third-order valence-corrected chi connectivity index (χ3v) is 4.63. The van der Waals surface area contributed by atoms with E-state index in [9.17, 15) is 14.4 Å². The molecule has 2 heterocycles. The number of ether oxygens (including phenoxy) is 1. The number of hydrogen-bond acceptors (Lipinski definition) is 4. The number of rotatable bonds is 6. The molecule has 7 heteroatoms. The highest BCUT2D eigenvalue weighted by Crippen LogP contribution is 2.25. The van der Waals surface area contributed by atoms with Crippen LogP contribution in [-0.2, 0) is 9.53 Å². The van der Waals surface area contributed by atoms with E-state index < -0.39 is 12.0 Å². The molecular weight excluding hydrogens is 336 g/mol. The summed E-state index contributed by atoms with van der Waals surface area (Å²) in [6.07, 6.45) is 3.51. The van der Waals surface area contributed by atoms with E-state index in [0.717, 1.165) is 0 Å². The van der Waals surface area contributed by atoms with Crippen molar-refractivity contribution in [1.82, 2.24) is 9.88 Å². The van der Waals surface area contributed by atoms with Gasteiger partial charge < -0.3 is 19.7 Å². The molecule has 7 nitrogen and oxygen atoms in total. The maximum atomic E-state index is 12.8. The third kappa shape index (κ3) is 3.67. The van der Waals surface area contributed by atoms with Crippen LogP contribution in [0.2, 0.25) is 0 Å². The van der Waals surface area contributed by atoms with Crippen LogP contribution in [0, 0.1) is 0 Å². The van der Waals surface area contributed by atoms with E-state index in [-0.39, 0.29) is 24.2 Å². The van der Waals surface area contributed by atoms with Gasteiger partial charge in [0.2, 0.25) is 0 Å². The molecular formula is C19H20N2O5. The second kappa shape index (κ2) is 7.53. The number of H-pyrrole nitrogens is 1. The van der Waals surface area contributed by atoms with Crippen molar-refractivity contribution in [1.29, 1.82) is 0 Å². The van der Waals surface area contributed by atoms with Crippen LogP contribution in [0.1, 0.15) is 39.1 Å². The lowest BCUT2D eigenvalue weighted by molar-refractivity contribution is -0.138. The molecule has 1 fully saturated rings. The predicted octanol–water partition coefficient (Wildman–Crippen LogP) is 1.95. The highest BCUT2D eigenvalue weighted by molar-refractivity contribution is 6.09. The number of benzene rings is 1. The number of aromatic amines is 1. The summed E-state index contributed by atoms with van der Waals surface area (Å²) in [7, 11) is 1.55. The molecule has 0 spiro atoms. The Hall–Kier alpha value is -2.93. The van der Waals surface area contributed by atoms with Crippen LogP contribution in [0.4, 0.5) is 0 Å². The molecule has 1 aromatic carbocycles. The van der Waals surface area contributed by atoms with Gasteiger partial charge in [0.1, 0.15) is 0 Å². The number of carbonyl (C=O) groups is 3. The first-order valence-corrected chi connectivity index (χ1v) is 8.32. The van der Waals surface area contributed by atoms with Crippen molar-refractivity contribution < 1.29 is 24.2 Å². The molecule has 2 atom stereocenters. The summed E-state index contributed by atoms with van der Waals surface area (Å²) >= 11 is 0. The summed E-state index contributed by atoms with van der Waals surface area (Å²) in [5, 5.41) is 9.07. The number of amides is 1. The maximum absolute atomic E-state index is 12.8. The number of ketones is 1. The number of aliphatic carboxylic acids is 1. The lowest BCUT2D eigenvalue weighted by Crippen LogP contribution is -2.37. The summed E-state index contributed by atoms with van der Waals surface area (Å²) in [6.45, 7) is 0.358. The molecule has 0 aliphatic carbocycles. The minimum Gasteiger partial charge on any atom is -0.481 e. The first-order chi connectivity index (χ1) is 12.5. The van der Waals surface area contributed by atoms with Gasteiger partial charge in [-0.1, -0.05) is 12.1 Å². The van der Waals surface area contributed by atoms with E-state index in [2.05, 4.69) is 4.98 Å². The van der Waals surface area contributed by atoms with Crippen LogP contribution in [0.3, 0.4) is 0 Å². The Morgan fingerprint density at radius 3 is 2.42 bits per heavy atom. The lowest BCUT2D eigenvalue weighted by atomic mass is 10.0. The average molecular weight is 356 g/mol. The van der Waals surface area contributed by atoms with Gasteiger partial charge in [-0.05, 0) is 24.6 Å². The highest BCUT2D eigenvalue weighted by Gasteiger charge is 2.36. The molecule has 3 rings (SSSR count). The normalized spacial score (nSPS) is 19.5. The van der Waals surface area contributed by atoms with Crippen molar-refractivity contribution in [2.24, 2.45) is 0 Å². The number of carboxylic acid groups (broad SMARTS) is 1. The van der Waals surface area contributed by atoms with E-state index in [0.29, 0.717) is 29.7 Å². The molecule has 2 N–H and O–H groups in total. The van der Waals surface area contributed by atoms with Gasteiger partial charge in [0.15, 0.2) is 5.78 Å². The number of nitrogens with one attached hydrogen (secondary N) is 1. The Bertz CT molecular complexity index is 798. The van der Waals surface area contributed by atoms with Crippen molar-refractivity contribution in [3.63, 3.8) is 0 Å². The van der Waals surface area contributed by atoms with E-state index >= 15 is 0 Å². The third-order valence-electron chi connectivity index (χ3n) is 4.63. The molecule has 2 aromatic rings. The van der Waals surface area contributed by atoms with Crippen LogP contribution in [0.25, 0.3) is 0 Å². The number of nitrogens with zero attached hydrogens (tertiary/aromatic N) is 1. The standard InChI is InChI=1S/C19H20N2O5/c1-26-16-8-15(9-17(22)23)21(11-16)19(25)13-4-2-12(3-5-13)18(24)14-6-7-20-10-14/h2-7,10,15-16,20H,8-9,11H2,1H3,(H,22,23). The molecule has 1 amide bonds. The fourth-order valence-electron chi connectivity index (χ4n) is 3.25. The van der Waals surface area contributed by atoms with Gasteiger partial charge in [0.25, 0.3) is 5.91 Å². The predicted molar refractivity (Wildman–Crippen MR) is 93.2 cm³/mol. The molecule has 26 heavy (non-hydrogen) atoms. The fraction of sp³-hybridized carbons (Fsp3) is 0.316. The van der Waals surface area contributed by atoms with E-state index in [1.54, 1.807) is 54.7 Å². The van der Waals surface area contributed by atoms with Gasteiger partial charge in [-0.2, -0.15) is 0 Å². The fourth-order valence-corrected chi connectivity index (χ4v) is 3.25. The summed E-state index contributed by atoms with van der Waals surface area (Å²) < 4.78 is 5.30. The molecule has 0 bridgehead atoms. The Morgan fingerprint density at radius 2 is 1.85 bits per heavy atom. The van der Waals surface area contributed by atoms with Crippen LogP contribution < -0.4 is 0 Å². The van der Waals surface area contributed by atoms with Gasteiger partial charge in [-0.15, -0.1) is 0 Å². The Morgan fingerprint density at radius 1 is 1.15 bits per heavy atom. The molecule has 2 unspecified atom stereocenters. The first kappa shape index (κ1) is 17.9. The highest BCUT2D eigenvalue weighted by atomic mass is 16.5. The number of methoxy groups -OCH3 is 1. The Labute approximate surface area is 150 Å². The van der Waals surface area contributed by atoms with Gasteiger partial charge in [0, 0.05) is 48.8 Å². The number of carbonyl (C=O) groups excluding carboxylic acids is 2. The number of carboxylic acids is 1. The largest absolute Gasteiger partial charge is 0.481 e. The lowest BCUT2D eigenvalue weighted by Gasteiger charge is -2.23. The Balaban J connectivity index is 1.76. The molecule has 0 radical (unpaired) electrons. The van der Waals surface area contributed by atoms with Gasteiger partial charge >= 0.3 is 5.97 Å². The van der Waals surface area contributed by atoms with Crippen molar-refractivity contribution in [3.05, 3.63) is 59.4 Å². The number of hydrogen-bond donors (Lipinski definition) is 2. The van der Waals surface area contributed by atoms with E-state index in [4.69, 9.17) is 9.84 Å². The Kier molecular flexibility index (Phi) is 5.18. The van der Waals surface area contributed by atoms with Gasteiger partial charge in [-0.25, -0.2) is 0 Å². The molecule has 1 aliphatic heterocycles. The van der Waals surface area contributed by atoms with Gasteiger partial charge in [0.05, 0.1) is 12.5 Å². The summed E-state index contributed by atoms with van der Waals surface area (Å²) in [6, 6.07) is 7.70. The molecule has 1 aromatic heterocycles. The zero-order valence-corrected chi connectivity index (χ0v) is 14.3. The van der Waals surface area contributed by atoms with Crippen LogP contribution in [0.15, 0.2) is 42.7 Å². The van der Waals surface area contributed by atoms with Crippen LogP contribution >= 0.6 is 0 Å². The maximum Gasteiger partial charge on any atom is 0.305 e. The van der Waals surface area contributed by atoms with Crippen molar-refractivity contribution in [2.45, 2.75) is 25.0 Å². The van der Waals surface area contributed by atoms with Crippen molar-refractivity contribution in [3.8, 4) is 0 Å². The van der Waals surface area contributed by atoms with Crippen molar-refractivity contribution in [2.75, 3.05) is 13.7 Å². The second-order valence-electron chi connectivity index (χ2n) is 6.31. The van der Waals surface area contributed by atoms with Crippen LogP contribution in [0.5, 0.6) is 0 Å². The summed E-state index contributed by atoms with van der Waals surface area (Å²) in [4.78, 5) is 40.6. The molecule has 0 saturated carbocycles. The van der Waals surface area contributed by atoms with E-state index in [1.807, 2.05) is 0 Å². The second-order valence-corrected chi connectivity index (χ2v) is 6.31. The topological polar surface area (TPSA) is 99.7 Å². The zero-order valence-electron chi connectivity index (χ0n) is 14.3. The van der Waals surface area contributed by atoms with Gasteiger partial charge in [-0.3, -0.25) is 14.4 Å². The van der Waals surface area contributed by atoms with E-state index in [1.165, 1.54) is 0 Å². The minimum atomic E-state index is -0.947. The molecule has 1 aliphatic rings. The van der Waals surface area contributed by atoms with Crippen LogP contribution in [-0.4, -0.2) is 58.5 Å². The smallest absolute Gasteiger partial charge is 0.305 e. The van der Waals surface area contributed by atoms with Crippen molar-refractivity contribution >= 4 is 17.7 Å². The number of aromatic nitrogens is 1. The zero-order chi connectivity index (χ0) is 18.7. The monoisotopic (exact) mass is 356 g/mol. The number of likely N-dealkylation sites (tertiary alicyclic amines) is 1. The first-order valence-electron chi connectivity index (χ1n) is 8.32. The molecule has 1 saturated heterocycles. The molecule has 136 valence electrons. The SMILES string of the molecule is COC1CC(CC(=O)O)N(C(=O)c2ccc(C(=O)c3cc[nH]c3)cc2)C1. The quantitative estimate of drug-likeness (QED) is 0.771.